The molecule has 0 unspecified atom stereocenters. The summed E-state index contributed by atoms with van der Waals surface area (Å²) >= 11 is 6.60. The Morgan fingerprint density at radius 2 is 2.06 bits per heavy atom. The lowest BCUT2D eigenvalue weighted by Crippen LogP contribution is -2.36. The Morgan fingerprint density at radius 3 is 2.71 bits per heavy atom. The van der Waals surface area contributed by atoms with Crippen molar-refractivity contribution in [3.8, 4) is 11.5 Å². The number of benzene rings is 2. The Morgan fingerprint density at radius 1 is 1.32 bits per heavy atom. The number of amides is 3. The van der Waals surface area contributed by atoms with E-state index in [9.17, 15) is 29.6 Å². The zero-order valence-corrected chi connectivity index (χ0v) is 17.4. The molecular formula is C19H14ClN3O7S. The number of nitrogens with zero attached hydrogens (tertiary/aromatic N) is 2. The van der Waals surface area contributed by atoms with Gasteiger partial charge in [-0.25, -0.2) is 0 Å². The van der Waals surface area contributed by atoms with Crippen molar-refractivity contribution in [3.05, 3.63) is 62.0 Å². The molecule has 0 spiro atoms. The lowest BCUT2D eigenvalue weighted by molar-refractivity contribution is -0.385. The highest BCUT2D eigenvalue weighted by Gasteiger charge is 2.36. The van der Waals surface area contributed by atoms with Crippen LogP contribution in [0.1, 0.15) is 5.56 Å². The Balaban J connectivity index is 1.72. The van der Waals surface area contributed by atoms with Crippen LogP contribution in [0.5, 0.6) is 11.5 Å². The van der Waals surface area contributed by atoms with E-state index in [4.69, 9.17) is 16.3 Å². The number of hydrogen-bond donors (Lipinski definition) is 2. The molecule has 2 N–H and O–H groups in total. The van der Waals surface area contributed by atoms with Crippen LogP contribution in [0.15, 0.2) is 41.3 Å². The van der Waals surface area contributed by atoms with E-state index in [-0.39, 0.29) is 15.5 Å². The van der Waals surface area contributed by atoms with E-state index in [1.165, 1.54) is 25.3 Å². The molecule has 3 rings (SSSR count). The second-order valence-corrected chi connectivity index (χ2v) is 7.57. The molecule has 0 saturated carbocycles. The first-order valence-electron chi connectivity index (χ1n) is 8.55. The average molecular weight is 464 g/mol. The summed E-state index contributed by atoms with van der Waals surface area (Å²) in [5.41, 5.74) is 0.0625. The smallest absolute Gasteiger partial charge is 0.311 e. The summed E-state index contributed by atoms with van der Waals surface area (Å²) in [6, 6.07) is 8.11. The van der Waals surface area contributed by atoms with E-state index in [2.05, 4.69) is 5.32 Å². The molecule has 2 aromatic rings. The van der Waals surface area contributed by atoms with Crippen molar-refractivity contribution < 1.29 is 29.2 Å². The molecule has 1 aliphatic heterocycles. The largest absolute Gasteiger partial charge is 0.502 e. The van der Waals surface area contributed by atoms with Gasteiger partial charge < -0.3 is 15.2 Å². The molecule has 160 valence electrons. The minimum absolute atomic E-state index is 0.00900. The standard InChI is InChI=1S/C19H14ClN3O7S/c1-30-15-5-3-11(8-12(15)20)21-17(25)9-22-18(26)16(31-19(22)27)7-10-2-4-14(24)13(6-10)23(28)29/h2-8,24H,9H2,1H3,(H,21,25). The Bertz CT molecular complexity index is 1140. The van der Waals surface area contributed by atoms with Gasteiger partial charge in [-0.2, -0.15) is 0 Å². The maximum atomic E-state index is 12.5. The van der Waals surface area contributed by atoms with Crippen molar-refractivity contribution in [2.75, 3.05) is 19.0 Å². The number of hydrogen-bond acceptors (Lipinski definition) is 8. The predicted octanol–water partition coefficient (Wildman–Crippen LogP) is 3.64. The fraction of sp³-hybridized carbons (Fsp3) is 0.105. The number of carbonyl (C=O) groups excluding carboxylic acids is 3. The second-order valence-electron chi connectivity index (χ2n) is 6.17. The SMILES string of the molecule is COc1ccc(NC(=O)CN2C(=O)SC(=Cc3ccc(O)c([N+](=O)[O-])c3)C2=O)cc1Cl. The molecule has 0 aliphatic carbocycles. The minimum Gasteiger partial charge on any atom is -0.502 e. The molecule has 0 atom stereocenters. The van der Waals surface area contributed by atoms with Crippen molar-refractivity contribution in [1.82, 2.24) is 4.90 Å². The van der Waals surface area contributed by atoms with Crippen LogP contribution in [0.3, 0.4) is 0 Å². The predicted molar refractivity (Wildman–Crippen MR) is 114 cm³/mol. The molecule has 31 heavy (non-hydrogen) atoms. The summed E-state index contributed by atoms with van der Waals surface area (Å²) in [6.45, 7) is -0.526. The molecule has 1 heterocycles. The lowest BCUT2D eigenvalue weighted by atomic mass is 10.1. The van der Waals surface area contributed by atoms with Crippen molar-refractivity contribution in [3.63, 3.8) is 0 Å². The third kappa shape index (κ3) is 4.95. The zero-order valence-electron chi connectivity index (χ0n) is 15.8. The minimum atomic E-state index is -0.770. The summed E-state index contributed by atoms with van der Waals surface area (Å²) in [6.07, 6.45) is 1.28. The van der Waals surface area contributed by atoms with Gasteiger partial charge in [0.25, 0.3) is 11.1 Å². The van der Waals surface area contributed by atoms with Gasteiger partial charge in [0, 0.05) is 11.8 Å². The fourth-order valence-electron chi connectivity index (χ4n) is 2.65. The first-order valence-corrected chi connectivity index (χ1v) is 9.75. The molecule has 0 radical (unpaired) electrons. The number of nitro groups is 1. The van der Waals surface area contributed by atoms with Gasteiger partial charge in [-0.1, -0.05) is 17.7 Å². The second kappa shape index (κ2) is 9.06. The third-order valence-corrected chi connectivity index (χ3v) is 5.31. The number of carbonyl (C=O) groups is 3. The lowest BCUT2D eigenvalue weighted by Gasteiger charge is -2.13. The number of methoxy groups -OCH3 is 1. The molecule has 12 heteroatoms. The first kappa shape index (κ1) is 22.1. The van der Waals surface area contributed by atoms with Crippen LogP contribution in [-0.4, -0.2) is 45.6 Å². The zero-order chi connectivity index (χ0) is 22.7. The van der Waals surface area contributed by atoms with Gasteiger partial charge in [-0.3, -0.25) is 29.4 Å². The molecule has 1 saturated heterocycles. The van der Waals surface area contributed by atoms with Crippen LogP contribution in [0.2, 0.25) is 5.02 Å². The highest BCUT2D eigenvalue weighted by molar-refractivity contribution is 8.18. The molecular weight excluding hydrogens is 450 g/mol. The van der Waals surface area contributed by atoms with Gasteiger partial charge in [0.15, 0.2) is 5.75 Å². The van der Waals surface area contributed by atoms with Gasteiger partial charge in [0.2, 0.25) is 5.91 Å². The van der Waals surface area contributed by atoms with Crippen molar-refractivity contribution >= 4 is 57.9 Å². The maximum absolute atomic E-state index is 12.5. The molecule has 0 bridgehead atoms. The van der Waals surface area contributed by atoms with Crippen LogP contribution in [0.25, 0.3) is 6.08 Å². The van der Waals surface area contributed by atoms with Crippen LogP contribution >= 0.6 is 23.4 Å². The maximum Gasteiger partial charge on any atom is 0.311 e. The number of thioether (sulfide) groups is 1. The van der Waals surface area contributed by atoms with Crippen LogP contribution in [-0.2, 0) is 9.59 Å². The van der Waals surface area contributed by atoms with Gasteiger partial charge in [-0.05, 0) is 47.7 Å². The number of halogens is 1. The number of phenols is 1. The number of ether oxygens (including phenoxy) is 1. The third-order valence-electron chi connectivity index (χ3n) is 4.10. The summed E-state index contributed by atoms with van der Waals surface area (Å²) in [5, 5.41) is 22.6. The monoisotopic (exact) mass is 463 g/mol. The van der Waals surface area contributed by atoms with Gasteiger partial charge in [0.1, 0.15) is 12.3 Å². The number of imide groups is 1. The van der Waals surface area contributed by atoms with E-state index in [0.29, 0.717) is 23.2 Å². The van der Waals surface area contributed by atoms with Crippen LogP contribution in [0.4, 0.5) is 16.2 Å². The number of nitro benzene ring substituents is 1. The average Bonchev–Trinajstić information content (AvgIpc) is 2.96. The molecule has 0 aromatic heterocycles. The van der Waals surface area contributed by atoms with E-state index in [1.807, 2.05) is 0 Å². The molecule has 2 aromatic carbocycles. The summed E-state index contributed by atoms with van der Waals surface area (Å²) in [7, 11) is 1.45. The molecule has 1 aliphatic rings. The number of anilines is 1. The van der Waals surface area contributed by atoms with Crippen molar-refractivity contribution in [1.29, 1.82) is 0 Å². The topological polar surface area (TPSA) is 139 Å². The summed E-state index contributed by atoms with van der Waals surface area (Å²) in [5.74, 6) is -1.44. The Kier molecular flexibility index (Phi) is 6.47. The number of phenolic OH excluding ortho intramolecular Hbond substituents is 1. The van der Waals surface area contributed by atoms with Gasteiger partial charge >= 0.3 is 5.69 Å². The van der Waals surface area contributed by atoms with E-state index in [1.54, 1.807) is 12.1 Å². The van der Waals surface area contributed by atoms with E-state index < -0.39 is 40.0 Å². The van der Waals surface area contributed by atoms with E-state index >= 15 is 0 Å². The summed E-state index contributed by atoms with van der Waals surface area (Å²) < 4.78 is 5.03. The quantitative estimate of drug-likeness (QED) is 0.376. The van der Waals surface area contributed by atoms with Crippen molar-refractivity contribution in [2.45, 2.75) is 0 Å². The number of aromatic hydroxyl groups is 1. The van der Waals surface area contributed by atoms with E-state index in [0.717, 1.165) is 17.0 Å². The van der Waals surface area contributed by atoms with Gasteiger partial charge in [0.05, 0.1) is 22.0 Å². The van der Waals surface area contributed by atoms with Gasteiger partial charge in [-0.15, -0.1) is 0 Å². The normalized spacial score (nSPS) is 14.8. The Labute approximate surface area is 184 Å². The first-order chi connectivity index (χ1) is 14.7. The van der Waals surface area contributed by atoms with Crippen LogP contribution in [0, 0.1) is 10.1 Å². The summed E-state index contributed by atoms with van der Waals surface area (Å²) in [4.78, 5) is 47.9. The molecule has 1 fully saturated rings. The van der Waals surface area contributed by atoms with Crippen molar-refractivity contribution in [2.24, 2.45) is 0 Å². The number of rotatable bonds is 6. The highest BCUT2D eigenvalue weighted by atomic mass is 35.5. The fourth-order valence-corrected chi connectivity index (χ4v) is 3.75. The van der Waals surface area contributed by atoms with Crippen LogP contribution < -0.4 is 10.1 Å². The Hall–Kier alpha value is -3.57. The number of nitrogens with one attached hydrogen (secondary N) is 1. The molecule has 10 nitrogen and oxygen atoms in total. The highest BCUT2D eigenvalue weighted by Crippen LogP contribution is 2.34. The molecule has 3 amide bonds.